The quantitative estimate of drug-likeness (QED) is 0.188. The van der Waals surface area contributed by atoms with Crippen LogP contribution in [-0.2, 0) is 14.3 Å². The zero-order valence-electron chi connectivity index (χ0n) is 22.5. The van der Waals surface area contributed by atoms with Crippen LogP contribution in [0.2, 0.25) is 0 Å². The van der Waals surface area contributed by atoms with Gasteiger partial charge in [-0.25, -0.2) is 9.59 Å². The molecule has 2 N–H and O–H groups in total. The second kappa shape index (κ2) is 12.9. The number of nitriles is 1. The Morgan fingerprint density at radius 1 is 0.850 bits per heavy atom. The highest BCUT2D eigenvalue weighted by molar-refractivity contribution is 6.12. The first-order valence-electron chi connectivity index (χ1n) is 12.2. The molecule has 0 saturated carbocycles. The van der Waals surface area contributed by atoms with Gasteiger partial charge in [0.25, 0.3) is 0 Å². The molecule has 3 aromatic carbocycles. The van der Waals surface area contributed by atoms with Crippen LogP contribution in [0.3, 0.4) is 0 Å². The summed E-state index contributed by atoms with van der Waals surface area (Å²) in [7, 11) is 1.21. The lowest BCUT2D eigenvalue weighted by Gasteiger charge is -2.21. The fourth-order valence-electron chi connectivity index (χ4n) is 3.47. The van der Waals surface area contributed by atoms with Gasteiger partial charge in [-0.05, 0) is 57.2 Å². The van der Waals surface area contributed by atoms with Crippen LogP contribution in [-0.4, -0.2) is 36.5 Å². The lowest BCUT2D eigenvalue weighted by atomic mass is 10.0. The summed E-state index contributed by atoms with van der Waals surface area (Å²) in [4.78, 5) is 50.8. The molecule has 40 heavy (non-hydrogen) atoms. The van der Waals surface area contributed by atoms with Gasteiger partial charge in [-0.3, -0.25) is 14.9 Å². The molecule has 0 aliphatic rings. The predicted molar refractivity (Wildman–Crippen MR) is 149 cm³/mol. The van der Waals surface area contributed by atoms with Crippen molar-refractivity contribution in [1.29, 1.82) is 5.26 Å². The van der Waals surface area contributed by atoms with Crippen molar-refractivity contribution in [3.63, 3.8) is 0 Å². The summed E-state index contributed by atoms with van der Waals surface area (Å²) in [5, 5.41) is 14.2. The predicted octanol–water partition coefficient (Wildman–Crippen LogP) is 5.30. The van der Waals surface area contributed by atoms with Gasteiger partial charge in [-0.2, -0.15) is 5.26 Å². The van der Waals surface area contributed by atoms with Gasteiger partial charge in [-0.15, -0.1) is 0 Å². The molecule has 0 aliphatic heterocycles. The fraction of sp³-hybridized carbons (Fsp3) is 0.194. The number of hydrogen-bond acceptors (Lipinski definition) is 7. The first-order valence-corrected chi connectivity index (χ1v) is 12.2. The van der Waals surface area contributed by atoms with E-state index in [1.54, 1.807) is 45.0 Å². The highest BCUT2D eigenvalue weighted by atomic mass is 16.6. The lowest BCUT2D eigenvalue weighted by Crippen LogP contribution is -2.28. The maximum atomic E-state index is 12.9. The summed E-state index contributed by atoms with van der Waals surface area (Å²) in [5.41, 5.74) is 0.737. The van der Waals surface area contributed by atoms with Crippen LogP contribution in [0, 0.1) is 23.2 Å². The van der Waals surface area contributed by atoms with Crippen LogP contribution in [0.25, 0.3) is 0 Å². The molecule has 0 aliphatic carbocycles. The van der Waals surface area contributed by atoms with Gasteiger partial charge in [-0.1, -0.05) is 42.2 Å². The Kier molecular flexibility index (Phi) is 9.40. The third kappa shape index (κ3) is 8.30. The number of ketones is 1. The number of hydrogen-bond donors (Lipinski definition) is 2. The number of amides is 2. The van der Waals surface area contributed by atoms with Gasteiger partial charge < -0.3 is 14.8 Å². The molecular formula is C31H27N3O6. The van der Waals surface area contributed by atoms with E-state index >= 15 is 0 Å². The molecule has 202 valence electrons. The van der Waals surface area contributed by atoms with E-state index in [1.165, 1.54) is 31.4 Å². The maximum Gasteiger partial charge on any atom is 0.412 e. The van der Waals surface area contributed by atoms with Crippen molar-refractivity contribution in [1.82, 2.24) is 0 Å². The van der Waals surface area contributed by atoms with Crippen LogP contribution in [0.4, 0.5) is 16.2 Å². The van der Waals surface area contributed by atoms with Gasteiger partial charge >= 0.3 is 12.1 Å². The molecular weight excluding hydrogens is 510 g/mol. The molecule has 0 fully saturated rings. The lowest BCUT2D eigenvalue weighted by molar-refractivity contribution is -0.115. The SMILES string of the molecule is COC(=O)c1cc(NC(=O)OC(C)(C)C)c(NC(=O)CC(=O)c2cccc(C#N)c2)cc1C#Cc1ccccc1. The van der Waals surface area contributed by atoms with E-state index in [4.69, 9.17) is 14.7 Å². The minimum absolute atomic E-state index is 0.0344. The number of carbonyl (C=O) groups is 4. The molecule has 0 spiro atoms. The standard InChI is InChI=1S/C31H27N3O6/c1-31(2,3)40-30(38)34-26-17-24(29(37)39-4)22(14-13-20-9-6-5-7-10-20)16-25(26)33-28(36)18-27(35)23-12-8-11-21(15-23)19-32/h5-12,15-17H,18H2,1-4H3,(H,33,36)(H,34,38). The van der Waals surface area contributed by atoms with Gasteiger partial charge in [0.15, 0.2) is 5.78 Å². The van der Waals surface area contributed by atoms with Crippen molar-refractivity contribution in [2.75, 3.05) is 17.7 Å². The van der Waals surface area contributed by atoms with E-state index in [-0.39, 0.29) is 33.6 Å². The van der Waals surface area contributed by atoms with Crippen molar-refractivity contribution in [3.05, 3.63) is 94.5 Å². The largest absolute Gasteiger partial charge is 0.465 e. The Morgan fingerprint density at radius 3 is 2.17 bits per heavy atom. The monoisotopic (exact) mass is 537 g/mol. The molecule has 0 aromatic heterocycles. The molecule has 0 atom stereocenters. The van der Waals surface area contributed by atoms with E-state index < -0.39 is 35.8 Å². The van der Waals surface area contributed by atoms with E-state index in [0.717, 1.165) is 0 Å². The fourth-order valence-corrected chi connectivity index (χ4v) is 3.47. The van der Waals surface area contributed by atoms with Crippen molar-refractivity contribution >= 4 is 35.1 Å². The van der Waals surface area contributed by atoms with Crippen molar-refractivity contribution in [2.45, 2.75) is 32.8 Å². The zero-order chi connectivity index (χ0) is 29.3. The van der Waals surface area contributed by atoms with Crippen LogP contribution in [0.15, 0.2) is 66.7 Å². The average molecular weight is 538 g/mol. The molecule has 9 heteroatoms. The molecule has 3 aromatic rings. The third-order valence-corrected chi connectivity index (χ3v) is 5.22. The number of rotatable bonds is 6. The number of carbonyl (C=O) groups excluding carboxylic acids is 4. The number of benzene rings is 3. The van der Waals surface area contributed by atoms with E-state index in [1.807, 2.05) is 24.3 Å². The minimum Gasteiger partial charge on any atom is -0.465 e. The third-order valence-electron chi connectivity index (χ3n) is 5.22. The van der Waals surface area contributed by atoms with Gasteiger partial charge in [0.2, 0.25) is 5.91 Å². The van der Waals surface area contributed by atoms with Crippen molar-refractivity contribution in [3.8, 4) is 17.9 Å². The Bertz CT molecular complexity index is 1550. The summed E-state index contributed by atoms with van der Waals surface area (Å²) in [6, 6.07) is 19.7. The van der Waals surface area contributed by atoms with Crippen LogP contribution < -0.4 is 10.6 Å². The molecule has 0 saturated heterocycles. The van der Waals surface area contributed by atoms with E-state index in [2.05, 4.69) is 22.5 Å². The second-order valence-electron chi connectivity index (χ2n) is 9.52. The number of nitrogens with one attached hydrogen (secondary N) is 2. The highest BCUT2D eigenvalue weighted by Crippen LogP contribution is 2.28. The molecule has 0 radical (unpaired) electrons. The summed E-state index contributed by atoms with van der Waals surface area (Å²) >= 11 is 0. The average Bonchev–Trinajstić information content (AvgIpc) is 2.91. The van der Waals surface area contributed by atoms with Crippen molar-refractivity contribution < 1.29 is 28.7 Å². The van der Waals surface area contributed by atoms with E-state index in [0.29, 0.717) is 5.56 Å². The first-order chi connectivity index (χ1) is 19.0. The normalized spacial score (nSPS) is 10.3. The maximum absolute atomic E-state index is 12.9. The number of methoxy groups -OCH3 is 1. The summed E-state index contributed by atoms with van der Waals surface area (Å²) in [6.07, 6.45) is -1.36. The summed E-state index contributed by atoms with van der Waals surface area (Å²) in [5.74, 6) is 3.96. The molecule has 3 rings (SSSR count). The molecule has 0 bridgehead atoms. The molecule has 0 heterocycles. The molecule has 9 nitrogen and oxygen atoms in total. The number of nitrogens with zero attached hydrogens (tertiary/aromatic N) is 1. The topological polar surface area (TPSA) is 135 Å². The Labute approximate surface area is 232 Å². The second-order valence-corrected chi connectivity index (χ2v) is 9.52. The van der Waals surface area contributed by atoms with Crippen LogP contribution in [0.1, 0.15) is 64.6 Å². The molecule has 2 amide bonds. The Hall–Kier alpha value is -5.41. The minimum atomic E-state index is -0.827. The number of ether oxygens (including phenoxy) is 2. The summed E-state index contributed by atoms with van der Waals surface area (Å²) < 4.78 is 10.2. The van der Waals surface area contributed by atoms with Gasteiger partial charge in [0.1, 0.15) is 5.60 Å². The highest BCUT2D eigenvalue weighted by Gasteiger charge is 2.22. The molecule has 0 unspecified atom stereocenters. The van der Waals surface area contributed by atoms with E-state index in [9.17, 15) is 19.2 Å². The van der Waals surface area contributed by atoms with Crippen LogP contribution >= 0.6 is 0 Å². The Balaban J connectivity index is 2.00. The number of esters is 1. The van der Waals surface area contributed by atoms with Crippen molar-refractivity contribution in [2.24, 2.45) is 0 Å². The van der Waals surface area contributed by atoms with Gasteiger partial charge in [0.05, 0.1) is 42.1 Å². The zero-order valence-corrected chi connectivity index (χ0v) is 22.5. The smallest absolute Gasteiger partial charge is 0.412 e. The van der Waals surface area contributed by atoms with Crippen LogP contribution in [0.5, 0.6) is 0 Å². The Morgan fingerprint density at radius 2 is 1.52 bits per heavy atom. The summed E-state index contributed by atoms with van der Waals surface area (Å²) in [6.45, 7) is 5.05. The number of anilines is 2. The van der Waals surface area contributed by atoms with Gasteiger partial charge in [0, 0.05) is 16.7 Å². The first kappa shape index (κ1) is 29.2. The number of Topliss-reactive ketones (excluding diaryl/α,β-unsaturated/α-hetero) is 1.